The molecule has 1 heterocycles. The van der Waals surface area contributed by atoms with E-state index in [1.807, 2.05) is 26.8 Å². The fraction of sp³-hybridized carbons (Fsp3) is 0.364. The molecule has 0 atom stereocenters. The summed E-state index contributed by atoms with van der Waals surface area (Å²) in [6.07, 6.45) is 0.827. The molecule has 1 aliphatic rings. The van der Waals surface area contributed by atoms with Gasteiger partial charge in [0.15, 0.2) is 0 Å². The minimum absolute atomic E-state index is 0.109. The summed E-state index contributed by atoms with van der Waals surface area (Å²) in [5.41, 5.74) is 1.76. The average Bonchev–Trinajstić information content (AvgIpc) is 2.62. The first-order valence-corrected chi connectivity index (χ1v) is 9.46. The number of hydrogen-bond acceptors (Lipinski definition) is 2. The van der Waals surface area contributed by atoms with Crippen molar-refractivity contribution in [2.45, 2.75) is 39.3 Å². The van der Waals surface area contributed by atoms with Crippen LogP contribution in [-0.4, -0.2) is 35.5 Å². The number of amides is 3. The van der Waals surface area contributed by atoms with Crippen LogP contribution in [0.5, 0.6) is 0 Å². The Balaban J connectivity index is 1.70. The Morgan fingerprint density at radius 3 is 2.46 bits per heavy atom. The topological polar surface area (TPSA) is 52.7 Å². The summed E-state index contributed by atoms with van der Waals surface area (Å²) < 4.78 is 13.4. The number of hydrogen-bond donors (Lipinski definition) is 1. The molecule has 3 rings (SSSR count). The Hall–Kier alpha value is -2.89. The zero-order chi connectivity index (χ0) is 20.3. The summed E-state index contributed by atoms with van der Waals surface area (Å²) in [7, 11) is 0. The highest BCUT2D eigenvalue weighted by atomic mass is 19.1. The number of carbonyl (C=O) groups excluding carboxylic acids is 2. The molecule has 0 aromatic heterocycles. The first-order chi connectivity index (χ1) is 13.2. The molecule has 0 aliphatic carbocycles. The Morgan fingerprint density at radius 1 is 1.11 bits per heavy atom. The van der Waals surface area contributed by atoms with E-state index in [0.29, 0.717) is 25.2 Å². The largest absolute Gasteiger partial charge is 0.347 e. The lowest BCUT2D eigenvalue weighted by Gasteiger charge is -2.35. The Morgan fingerprint density at radius 2 is 1.82 bits per heavy atom. The molecule has 0 radical (unpaired) electrons. The maximum Gasteiger partial charge on any atom is 0.324 e. The molecule has 2 aromatic rings. The fourth-order valence-corrected chi connectivity index (χ4v) is 3.23. The number of urea groups is 1. The minimum atomic E-state index is -0.310. The lowest BCUT2D eigenvalue weighted by Crippen LogP contribution is -2.49. The fourth-order valence-electron chi connectivity index (χ4n) is 3.23. The molecule has 3 amide bonds. The van der Waals surface area contributed by atoms with Crippen LogP contribution in [0.4, 0.5) is 14.9 Å². The molecule has 2 aromatic carbocycles. The van der Waals surface area contributed by atoms with Gasteiger partial charge in [-0.25, -0.2) is 9.18 Å². The van der Waals surface area contributed by atoms with Gasteiger partial charge in [0.2, 0.25) is 0 Å². The van der Waals surface area contributed by atoms with Gasteiger partial charge in [0.25, 0.3) is 5.91 Å². The number of carbonyl (C=O) groups is 2. The highest BCUT2D eigenvalue weighted by Crippen LogP contribution is 2.22. The highest BCUT2D eigenvalue weighted by molar-refractivity contribution is 5.96. The van der Waals surface area contributed by atoms with Crippen molar-refractivity contribution in [3.05, 3.63) is 65.5 Å². The summed E-state index contributed by atoms with van der Waals surface area (Å²) in [4.78, 5) is 28.6. The van der Waals surface area contributed by atoms with E-state index in [1.54, 1.807) is 40.1 Å². The molecular weight excluding hydrogens is 357 g/mol. The SMILES string of the molecule is CC(C)(C)NC(=O)c1ccc(N2CCCN(Cc3cccc(F)c3)C2=O)cc1. The van der Waals surface area contributed by atoms with Gasteiger partial charge in [-0.05, 0) is 69.2 Å². The van der Waals surface area contributed by atoms with Crippen LogP contribution in [0.3, 0.4) is 0 Å². The van der Waals surface area contributed by atoms with E-state index in [9.17, 15) is 14.0 Å². The highest BCUT2D eigenvalue weighted by Gasteiger charge is 2.27. The summed E-state index contributed by atoms with van der Waals surface area (Å²) in [5.74, 6) is -0.445. The Labute approximate surface area is 165 Å². The molecule has 28 heavy (non-hydrogen) atoms. The second-order valence-corrected chi connectivity index (χ2v) is 8.09. The number of nitrogens with one attached hydrogen (secondary N) is 1. The van der Waals surface area contributed by atoms with Crippen molar-refractivity contribution in [2.24, 2.45) is 0 Å². The molecule has 0 bridgehead atoms. The van der Waals surface area contributed by atoms with Crippen molar-refractivity contribution in [1.29, 1.82) is 0 Å². The summed E-state index contributed by atoms with van der Waals surface area (Å²) in [6, 6.07) is 13.3. The summed E-state index contributed by atoms with van der Waals surface area (Å²) >= 11 is 0. The van der Waals surface area contributed by atoms with Crippen LogP contribution >= 0.6 is 0 Å². The molecule has 0 spiro atoms. The van der Waals surface area contributed by atoms with E-state index in [1.165, 1.54) is 12.1 Å². The maximum absolute atomic E-state index is 13.4. The molecule has 1 saturated heterocycles. The van der Waals surface area contributed by atoms with E-state index in [-0.39, 0.29) is 23.3 Å². The first kappa shape index (κ1) is 19.9. The smallest absolute Gasteiger partial charge is 0.324 e. The number of anilines is 1. The van der Waals surface area contributed by atoms with Gasteiger partial charge in [0.05, 0.1) is 0 Å². The van der Waals surface area contributed by atoms with Crippen molar-refractivity contribution < 1.29 is 14.0 Å². The van der Waals surface area contributed by atoms with Crippen LogP contribution in [-0.2, 0) is 6.54 Å². The van der Waals surface area contributed by atoms with Gasteiger partial charge in [-0.15, -0.1) is 0 Å². The number of halogens is 1. The number of rotatable bonds is 4. The van der Waals surface area contributed by atoms with Crippen molar-refractivity contribution in [3.63, 3.8) is 0 Å². The van der Waals surface area contributed by atoms with E-state index >= 15 is 0 Å². The third-order valence-corrected chi connectivity index (χ3v) is 4.50. The van der Waals surface area contributed by atoms with E-state index in [2.05, 4.69) is 5.32 Å². The molecule has 0 saturated carbocycles. The predicted octanol–water partition coefficient (Wildman–Crippen LogP) is 4.19. The minimum Gasteiger partial charge on any atom is -0.347 e. The van der Waals surface area contributed by atoms with E-state index in [0.717, 1.165) is 17.7 Å². The second kappa shape index (κ2) is 8.00. The van der Waals surface area contributed by atoms with Crippen molar-refractivity contribution >= 4 is 17.6 Å². The monoisotopic (exact) mass is 383 g/mol. The van der Waals surface area contributed by atoms with Gasteiger partial charge in [0, 0.05) is 36.4 Å². The van der Waals surface area contributed by atoms with E-state index < -0.39 is 0 Å². The standard InChI is InChI=1S/C22H26FN3O2/c1-22(2,3)24-20(27)17-8-10-19(11-9-17)26-13-5-12-25(21(26)28)15-16-6-4-7-18(23)14-16/h4,6-11,14H,5,12-13,15H2,1-3H3,(H,24,27). The second-order valence-electron chi connectivity index (χ2n) is 8.09. The average molecular weight is 383 g/mol. The number of nitrogens with zero attached hydrogens (tertiary/aromatic N) is 2. The normalized spacial score (nSPS) is 14.9. The first-order valence-electron chi connectivity index (χ1n) is 9.46. The van der Waals surface area contributed by atoms with Crippen LogP contribution in [0.2, 0.25) is 0 Å². The molecule has 1 aliphatic heterocycles. The summed E-state index contributed by atoms with van der Waals surface area (Å²) in [6.45, 7) is 7.42. The van der Waals surface area contributed by atoms with Gasteiger partial charge in [-0.1, -0.05) is 12.1 Å². The molecule has 1 fully saturated rings. The molecule has 0 unspecified atom stereocenters. The van der Waals surface area contributed by atoms with Crippen LogP contribution in [0, 0.1) is 5.82 Å². The molecule has 148 valence electrons. The molecule has 1 N–H and O–H groups in total. The van der Waals surface area contributed by atoms with Crippen LogP contribution in [0.1, 0.15) is 43.1 Å². The predicted molar refractivity (Wildman–Crippen MR) is 108 cm³/mol. The van der Waals surface area contributed by atoms with Crippen LogP contribution in [0.15, 0.2) is 48.5 Å². The molecule has 6 heteroatoms. The Kier molecular flexibility index (Phi) is 5.68. The van der Waals surface area contributed by atoms with Gasteiger partial charge < -0.3 is 10.2 Å². The van der Waals surface area contributed by atoms with Crippen LogP contribution < -0.4 is 10.2 Å². The van der Waals surface area contributed by atoms with Crippen LogP contribution in [0.25, 0.3) is 0 Å². The van der Waals surface area contributed by atoms with E-state index in [4.69, 9.17) is 0 Å². The van der Waals surface area contributed by atoms with Crippen molar-refractivity contribution in [2.75, 3.05) is 18.0 Å². The number of benzene rings is 2. The molecule has 5 nitrogen and oxygen atoms in total. The molecular formula is C22H26FN3O2. The zero-order valence-electron chi connectivity index (χ0n) is 16.5. The van der Waals surface area contributed by atoms with Gasteiger partial charge >= 0.3 is 6.03 Å². The third-order valence-electron chi connectivity index (χ3n) is 4.50. The van der Waals surface area contributed by atoms with Gasteiger partial charge in [-0.3, -0.25) is 9.69 Å². The summed E-state index contributed by atoms with van der Waals surface area (Å²) in [5, 5.41) is 2.92. The third kappa shape index (κ3) is 4.88. The zero-order valence-corrected chi connectivity index (χ0v) is 16.5. The lowest BCUT2D eigenvalue weighted by atomic mass is 10.1. The van der Waals surface area contributed by atoms with Gasteiger partial charge in [-0.2, -0.15) is 0 Å². The quantitative estimate of drug-likeness (QED) is 0.861. The van der Waals surface area contributed by atoms with Gasteiger partial charge in [0.1, 0.15) is 5.82 Å². The van der Waals surface area contributed by atoms with Crippen molar-refractivity contribution in [1.82, 2.24) is 10.2 Å². The maximum atomic E-state index is 13.4. The lowest BCUT2D eigenvalue weighted by molar-refractivity contribution is 0.0919. The Bertz CT molecular complexity index is 859. The van der Waals surface area contributed by atoms with Crippen molar-refractivity contribution in [3.8, 4) is 0 Å².